The van der Waals surface area contributed by atoms with Crippen molar-refractivity contribution in [1.29, 1.82) is 0 Å². The van der Waals surface area contributed by atoms with E-state index in [0.717, 1.165) is 0 Å². The van der Waals surface area contributed by atoms with E-state index in [1.54, 1.807) is 36.4 Å². The van der Waals surface area contributed by atoms with Crippen LogP contribution in [0.1, 0.15) is 13.8 Å². The second-order valence-corrected chi connectivity index (χ2v) is 7.15. The van der Waals surface area contributed by atoms with Gasteiger partial charge in [0.1, 0.15) is 6.10 Å². The van der Waals surface area contributed by atoms with Gasteiger partial charge in [0.2, 0.25) is 9.84 Å². The van der Waals surface area contributed by atoms with Gasteiger partial charge in [-0.25, -0.2) is 8.42 Å². The molecule has 1 heterocycles. The topological polar surface area (TPSA) is 61.8 Å². The summed E-state index contributed by atoms with van der Waals surface area (Å²) in [6, 6.07) is 8.26. The Morgan fingerprint density at radius 3 is 2.67 bits per heavy atom. The lowest BCUT2D eigenvalue weighted by atomic mass is 10.3. The zero-order valence-corrected chi connectivity index (χ0v) is 13.0. The Labute approximate surface area is 125 Å². The van der Waals surface area contributed by atoms with Gasteiger partial charge < -0.3 is 14.2 Å². The Hall–Kier alpha value is -1.21. The van der Waals surface area contributed by atoms with Crippen LogP contribution in [0.2, 0.25) is 0 Å². The highest BCUT2D eigenvalue weighted by Crippen LogP contribution is 2.22. The van der Waals surface area contributed by atoms with E-state index in [-0.39, 0.29) is 23.5 Å². The zero-order chi connectivity index (χ0) is 15.3. The number of hydrogen-bond donors (Lipinski definition) is 0. The molecule has 1 aromatic rings. The molecule has 5 nitrogen and oxygen atoms in total. The van der Waals surface area contributed by atoms with Crippen molar-refractivity contribution in [1.82, 2.24) is 0 Å². The molecule has 1 aliphatic rings. The highest BCUT2D eigenvalue weighted by atomic mass is 32.2. The van der Waals surface area contributed by atoms with E-state index in [1.165, 1.54) is 0 Å². The largest absolute Gasteiger partial charge is 0.361 e. The van der Waals surface area contributed by atoms with Crippen LogP contribution in [0.4, 0.5) is 0 Å². The number of rotatable bonds is 6. The number of sulfone groups is 1. The van der Waals surface area contributed by atoms with Crippen molar-refractivity contribution in [2.45, 2.75) is 30.6 Å². The average Bonchev–Trinajstić information content (AvgIpc) is 2.79. The molecule has 0 amide bonds. The molecule has 0 aliphatic carbocycles. The first-order chi connectivity index (χ1) is 9.89. The minimum atomic E-state index is -3.39. The van der Waals surface area contributed by atoms with Crippen molar-refractivity contribution in [3.05, 3.63) is 42.5 Å². The van der Waals surface area contributed by atoms with Gasteiger partial charge in [-0.3, -0.25) is 0 Å². The molecule has 21 heavy (non-hydrogen) atoms. The minimum Gasteiger partial charge on any atom is -0.361 e. The molecule has 116 valence electrons. The fourth-order valence-corrected chi connectivity index (χ4v) is 2.96. The monoisotopic (exact) mass is 312 g/mol. The molecular weight excluding hydrogens is 292 g/mol. The molecule has 0 N–H and O–H groups in total. The quantitative estimate of drug-likeness (QED) is 0.595. The summed E-state index contributed by atoms with van der Waals surface area (Å²) < 4.78 is 40.1. The Morgan fingerprint density at radius 1 is 1.33 bits per heavy atom. The van der Waals surface area contributed by atoms with Crippen LogP contribution in [-0.2, 0) is 24.0 Å². The van der Waals surface area contributed by atoms with Gasteiger partial charge in [0.25, 0.3) is 0 Å². The van der Waals surface area contributed by atoms with Gasteiger partial charge in [0.15, 0.2) is 11.7 Å². The molecule has 1 aliphatic heterocycles. The summed E-state index contributed by atoms with van der Waals surface area (Å²) in [5.41, 5.74) is 0. The maximum Gasteiger partial charge on any atom is 0.202 e. The second-order valence-electron chi connectivity index (χ2n) is 5.21. The van der Waals surface area contributed by atoms with Crippen LogP contribution in [0.3, 0.4) is 0 Å². The van der Waals surface area contributed by atoms with Crippen molar-refractivity contribution in [2.24, 2.45) is 0 Å². The third-order valence-corrected chi connectivity index (χ3v) is 4.40. The molecular formula is C15H20O5S. The summed E-state index contributed by atoms with van der Waals surface area (Å²) in [5.74, 6) is -0.901. The SMILES string of the molecule is CC1(C)OC[C@@H](/C=C/COCS(=O)(=O)c2ccccc2)O1. The molecule has 0 unspecified atom stereocenters. The van der Waals surface area contributed by atoms with Crippen molar-refractivity contribution < 1.29 is 22.6 Å². The maximum atomic E-state index is 11.9. The molecule has 1 fully saturated rings. The lowest BCUT2D eigenvalue weighted by Crippen LogP contribution is -2.20. The van der Waals surface area contributed by atoms with Gasteiger partial charge in [-0.2, -0.15) is 0 Å². The predicted molar refractivity (Wildman–Crippen MR) is 78.5 cm³/mol. The van der Waals surface area contributed by atoms with Gasteiger partial charge in [-0.1, -0.05) is 30.4 Å². The van der Waals surface area contributed by atoms with E-state index in [9.17, 15) is 8.42 Å². The molecule has 1 atom stereocenters. The standard InChI is InChI=1S/C15H20O5S/c1-15(2)19-11-13(20-15)7-6-10-18-12-21(16,17)14-8-4-3-5-9-14/h3-9,13H,10-12H2,1-2H3/b7-6+/t13-/m1/s1. The fourth-order valence-electron chi connectivity index (χ4n) is 1.94. The smallest absolute Gasteiger partial charge is 0.202 e. The number of ether oxygens (including phenoxy) is 3. The second kappa shape index (κ2) is 6.70. The summed E-state index contributed by atoms with van der Waals surface area (Å²) in [5, 5.41) is 0. The molecule has 0 aromatic heterocycles. The summed E-state index contributed by atoms with van der Waals surface area (Å²) in [6.45, 7) is 4.41. The summed E-state index contributed by atoms with van der Waals surface area (Å²) >= 11 is 0. The Kier molecular flexibility index (Phi) is 5.16. The number of benzene rings is 1. The Bertz CT molecular complexity index is 577. The molecule has 2 rings (SSSR count). The van der Waals surface area contributed by atoms with E-state index in [1.807, 2.05) is 19.9 Å². The first kappa shape index (κ1) is 16.2. The molecule has 1 aromatic carbocycles. The molecule has 0 saturated carbocycles. The highest BCUT2D eigenvalue weighted by Gasteiger charge is 2.30. The third kappa shape index (κ3) is 4.93. The molecule has 0 bridgehead atoms. The van der Waals surface area contributed by atoms with Gasteiger partial charge >= 0.3 is 0 Å². The van der Waals surface area contributed by atoms with E-state index in [4.69, 9.17) is 14.2 Å². The van der Waals surface area contributed by atoms with Crippen molar-refractivity contribution >= 4 is 9.84 Å². The first-order valence-electron chi connectivity index (χ1n) is 6.73. The van der Waals surface area contributed by atoms with Crippen LogP contribution in [0, 0.1) is 0 Å². The third-order valence-electron chi connectivity index (χ3n) is 2.94. The van der Waals surface area contributed by atoms with E-state index in [0.29, 0.717) is 6.61 Å². The van der Waals surface area contributed by atoms with E-state index in [2.05, 4.69) is 0 Å². The van der Waals surface area contributed by atoms with Gasteiger partial charge in [-0.05, 0) is 26.0 Å². The van der Waals surface area contributed by atoms with Crippen LogP contribution in [0.5, 0.6) is 0 Å². The molecule has 0 radical (unpaired) electrons. The Balaban J connectivity index is 1.75. The minimum absolute atomic E-state index is 0.116. The highest BCUT2D eigenvalue weighted by molar-refractivity contribution is 7.91. The maximum absolute atomic E-state index is 11.9. The van der Waals surface area contributed by atoms with Crippen molar-refractivity contribution in [3.63, 3.8) is 0 Å². The average molecular weight is 312 g/mol. The molecule has 6 heteroatoms. The van der Waals surface area contributed by atoms with E-state index < -0.39 is 15.6 Å². The van der Waals surface area contributed by atoms with Crippen LogP contribution in [0.15, 0.2) is 47.4 Å². The van der Waals surface area contributed by atoms with Gasteiger partial charge in [0.05, 0.1) is 18.1 Å². The lowest BCUT2D eigenvalue weighted by molar-refractivity contribution is -0.133. The van der Waals surface area contributed by atoms with Gasteiger partial charge in [0, 0.05) is 0 Å². The van der Waals surface area contributed by atoms with Gasteiger partial charge in [-0.15, -0.1) is 0 Å². The summed E-state index contributed by atoms with van der Waals surface area (Å²) in [4.78, 5) is 0.267. The predicted octanol–water partition coefficient (Wildman–Crippen LogP) is 2.14. The van der Waals surface area contributed by atoms with Crippen LogP contribution < -0.4 is 0 Å². The zero-order valence-electron chi connectivity index (χ0n) is 12.2. The fraction of sp³-hybridized carbons (Fsp3) is 0.467. The number of hydrogen-bond acceptors (Lipinski definition) is 5. The molecule has 0 spiro atoms. The Morgan fingerprint density at radius 2 is 2.05 bits per heavy atom. The normalized spacial score (nSPS) is 21.9. The van der Waals surface area contributed by atoms with Crippen molar-refractivity contribution in [2.75, 3.05) is 19.2 Å². The lowest BCUT2D eigenvalue weighted by Gasteiger charge is -2.15. The summed E-state index contributed by atoms with van der Waals surface area (Å²) in [7, 11) is -3.39. The van der Waals surface area contributed by atoms with Crippen LogP contribution >= 0.6 is 0 Å². The summed E-state index contributed by atoms with van der Waals surface area (Å²) in [6.07, 6.45) is 3.45. The van der Waals surface area contributed by atoms with Crippen LogP contribution in [-0.4, -0.2) is 39.5 Å². The molecule has 1 saturated heterocycles. The first-order valence-corrected chi connectivity index (χ1v) is 8.38. The van der Waals surface area contributed by atoms with Crippen LogP contribution in [0.25, 0.3) is 0 Å². The van der Waals surface area contributed by atoms with E-state index >= 15 is 0 Å². The van der Waals surface area contributed by atoms with Crippen molar-refractivity contribution in [3.8, 4) is 0 Å².